The fraction of sp³-hybridized carbons (Fsp3) is 0. The molecule has 0 bridgehead atoms. The first-order chi connectivity index (χ1) is 28.8. The van der Waals surface area contributed by atoms with Gasteiger partial charge in [0.1, 0.15) is 0 Å². The van der Waals surface area contributed by atoms with Gasteiger partial charge in [0, 0.05) is 65.8 Å². The average molecular weight is 739 g/mol. The number of anilines is 3. The van der Waals surface area contributed by atoms with Gasteiger partial charge in [-0.1, -0.05) is 127 Å². The molecule has 58 heavy (non-hydrogen) atoms. The highest BCUT2D eigenvalue weighted by molar-refractivity contribution is 6.26. The van der Waals surface area contributed by atoms with Crippen molar-refractivity contribution >= 4 is 104 Å². The molecule has 270 valence electrons. The summed E-state index contributed by atoms with van der Waals surface area (Å²) in [4.78, 5) is 2.32. The number of hydrogen-bond acceptors (Lipinski definition) is 1. The van der Waals surface area contributed by atoms with E-state index in [0.717, 1.165) is 28.3 Å². The minimum Gasteiger partial charge on any atom is -0.311 e. The molecule has 0 N–H and O–H groups in total. The second-order valence-electron chi connectivity index (χ2n) is 15.3. The van der Waals surface area contributed by atoms with E-state index >= 15 is 0 Å². The Hall–Kier alpha value is -7.82. The zero-order valence-corrected chi connectivity index (χ0v) is 31.4. The molecule has 0 saturated carbocycles. The number of nitrogens with zero attached hydrogens (tertiary/aromatic N) is 4. The Balaban J connectivity index is 1.19. The van der Waals surface area contributed by atoms with Gasteiger partial charge in [0.15, 0.2) is 0 Å². The average Bonchev–Trinajstić information content (AvgIpc) is 3.92. The molecule has 0 aliphatic heterocycles. The van der Waals surface area contributed by atoms with Crippen molar-refractivity contribution in [1.29, 1.82) is 0 Å². The number of fused-ring (bicyclic) bond motifs is 13. The Labute approximate surface area is 333 Å². The summed E-state index contributed by atoms with van der Waals surface area (Å²) in [5.41, 5.74) is 14.0. The first kappa shape index (κ1) is 31.4. The monoisotopic (exact) mass is 738 g/mol. The van der Waals surface area contributed by atoms with Crippen LogP contribution in [0.3, 0.4) is 0 Å². The van der Waals surface area contributed by atoms with Crippen LogP contribution in [0.5, 0.6) is 0 Å². The van der Waals surface area contributed by atoms with Crippen molar-refractivity contribution in [3.8, 4) is 5.69 Å². The number of para-hydroxylation sites is 7. The highest BCUT2D eigenvalue weighted by Gasteiger charge is 2.22. The van der Waals surface area contributed by atoms with E-state index in [0.29, 0.717) is 0 Å². The normalized spacial score (nSPS) is 12.1. The quantitative estimate of drug-likeness (QED) is 0.176. The third-order valence-corrected chi connectivity index (χ3v) is 12.3. The van der Waals surface area contributed by atoms with Crippen molar-refractivity contribution < 1.29 is 0 Å². The summed E-state index contributed by atoms with van der Waals surface area (Å²) in [6.45, 7) is 0. The van der Waals surface area contributed by atoms with Gasteiger partial charge in [-0.15, -0.1) is 0 Å². The third kappa shape index (κ3) is 4.23. The third-order valence-electron chi connectivity index (χ3n) is 12.3. The van der Waals surface area contributed by atoms with Crippen LogP contribution in [-0.2, 0) is 0 Å². The zero-order valence-electron chi connectivity index (χ0n) is 31.4. The Morgan fingerprint density at radius 1 is 0.259 bits per heavy atom. The molecule has 0 atom stereocenters. The molecule has 0 fully saturated rings. The van der Waals surface area contributed by atoms with Gasteiger partial charge in [0.2, 0.25) is 0 Å². The van der Waals surface area contributed by atoms with Gasteiger partial charge in [-0.3, -0.25) is 0 Å². The molecule has 0 radical (unpaired) electrons. The Morgan fingerprint density at radius 3 is 1.19 bits per heavy atom. The van der Waals surface area contributed by atoms with E-state index < -0.39 is 0 Å². The number of aromatic nitrogens is 3. The van der Waals surface area contributed by atoms with Crippen LogP contribution in [0.15, 0.2) is 206 Å². The van der Waals surface area contributed by atoms with Crippen molar-refractivity contribution in [3.63, 3.8) is 0 Å². The summed E-state index contributed by atoms with van der Waals surface area (Å²) in [6.07, 6.45) is 0. The van der Waals surface area contributed by atoms with Crippen molar-refractivity contribution in [1.82, 2.24) is 13.4 Å². The highest BCUT2D eigenvalue weighted by Crippen LogP contribution is 2.43. The molecule has 13 aromatic rings. The van der Waals surface area contributed by atoms with E-state index in [2.05, 4.69) is 225 Å². The largest absolute Gasteiger partial charge is 0.311 e. The molecule has 0 saturated heterocycles. The van der Waals surface area contributed by atoms with Gasteiger partial charge in [-0.2, -0.15) is 0 Å². The lowest BCUT2D eigenvalue weighted by molar-refractivity contribution is 1.17. The number of rotatable bonds is 4. The van der Waals surface area contributed by atoms with E-state index in [-0.39, 0.29) is 0 Å². The standard InChI is InChI=1S/C54H34N4/c1-3-15-35(16-4-1)55(36-17-5-2-6-18-36)37-29-31-38(32-30-37)56-47-26-10-9-21-41(47)46-33-51-52(34-50(46)56)58-49-28-12-8-20-40(49)43-23-14-25-45(54(43)58)44-24-13-22-42-39-19-7-11-27-48(39)57(51)53(42)44/h1-34H. The van der Waals surface area contributed by atoms with E-state index in [9.17, 15) is 0 Å². The van der Waals surface area contributed by atoms with E-state index in [1.54, 1.807) is 0 Å². The molecule has 4 heterocycles. The van der Waals surface area contributed by atoms with Crippen LogP contribution in [0.1, 0.15) is 0 Å². The minimum absolute atomic E-state index is 1.10. The smallest absolute Gasteiger partial charge is 0.0724 e. The predicted molar refractivity (Wildman–Crippen MR) is 245 cm³/mol. The summed E-state index contributed by atoms with van der Waals surface area (Å²) in [5.74, 6) is 0. The predicted octanol–water partition coefficient (Wildman–Crippen LogP) is 14.5. The van der Waals surface area contributed by atoms with Crippen molar-refractivity contribution in [2.45, 2.75) is 0 Å². The van der Waals surface area contributed by atoms with Crippen molar-refractivity contribution in [2.75, 3.05) is 4.90 Å². The SMILES string of the molecule is c1ccc(N(c2ccccc2)c2ccc(-n3c4ccccc4c4cc5c(cc43)n3c4ccccc4c4cccc(c6cccc7c8ccccc8n5c76)c43)cc2)cc1. The molecular formula is C54H34N4. The van der Waals surface area contributed by atoms with E-state index in [1.165, 1.54) is 81.7 Å². The first-order valence-corrected chi connectivity index (χ1v) is 20.0. The molecule has 4 nitrogen and oxygen atoms in total. The summed E-state index contributed by atoms with van der Waals surface area (Å²) in [7, 11) is 0. The van der Waals surface area contributed by atoms with Gasteiger partial charge in [-0.05, 0) is 78.9 Å². The van der Waals surface area contributed by atoms with Gasteiger partial charge in [-0.25, -0.2) is 0 Å². The van der Waals surface area contributed by atoms with Crippen LogP contribution in [0.25, 0.3) is 92.9 Å². The molecule has 0 spiro atoms. The lowest BCUT2D eigenvalue weighted by Gasteiger charge is -2.25. The van der Waals surface area contributed by atoms with Crippen LogP contribution >= 0.6 is 0 Å². The van der Waals surface area contributed by atoms with Gasteiger partial charge < -0.3 is 18.3 Å². The summed E-state index contributed by atoms with van der Waals surface area (Å²) < 4.78 is 7.52. The Bertz CT molecular complexity index is 3740. The lowest BCUT2D eigenvalue weighted by atomic mass is 10.0. The summed E-state index contributed by atoms with van der Waals surface area (Å²) in [6, 6.07) is 75.5. The van der Waals surface area contributed by atoms with Crippen LogP contribution in [0, 0.1) is 0 Å². The van der Waals surface area contributed by atoms with Crippen LogP contribution < -0.4 is 4.90 Å². The summed E-state index contributed by atoms with van der Waals surface area (Å²) >= 11 is 0. The molecule has 9 aromatic carbocycles. The van der Waals surface area contributed by atoms with Gasteiger partial charge >= 0.3 is 0 Å². The van der Waals surface area contributed by atoms with Crippen molar-refractivity contribution in [2.24, 2.45) is 0 Å². The van der Waals surface area contributed by atoms with E-state index in [4.69, 9.17) is 0 Å². The topological polar surface area (TPSA) is 17.0 Å². The minimum atomic E-state index is 1.10. The Morgan fingerprint density at radius 2 is 0.655 bits per heavy atom. The molecule has 0 aliphatic rings. The van der Waals surface area contributed by atoms with Crippen LogP contribution in [0.2, 0.25) is 0 Å². The molecule has 13 rings (SSSR count). The maximum atomic E-state index is 2.54. The molecule has 0 unspecified atom stereocenters. The lowest BCUT2D eigenvalue weighted by Crippen LogP contribution is -2.09. The molecule has 4 aromatic heterocycles. The second-order valence-corrected chi connectivity index (χ2v) is 15.3. The van der Waals surface area contributed by atoms with Gasteiger partial charge in [0.25, 0.3) is 0 Å². The molecule has 0 amide bonds. The van der Waals surface area contributed by atoms with Crippen molar-refractivity contribution in [3.05, 3.63) is 206 Å². The maximum Gasteiger partial charge on any atom is 0.0724 e. The van der Waals surface area contributed by atoms with Crippen LogP contribution in [0.4, 0.5) is 17.1 Å². The first-order valence-electron chi connectivity index (χ1n) is 20.0. The molecule has 0 aliphatic carbocycles. The molecular weight excluding hydrogens is 705 g/mol. The second kappa shape index (κ2) is 11.8. The molecule has 4 heteroatoms. The van der Waals surface area contributed by atoms with Gasteiger partial charge in [0.05, 0.1) is 44.1 Å². The van der Waals surface area contributed by atoms with E-state index in [1.807, 2.05) is 0 Å². The fourth-order valence-electron chi connectivity index (χ4n) is 9.95. The highest BCUT2D eigenvalue weighted by atomic mass is 15.1. The zero-order chi connectivity index (χ0) is 37.9. The fourth-order valence-corrected chi connectivity index (χ4v) is 9.95. The number of benzene rings is 9. The number of hydrogen-bond donors (Lipinski definition) is 0. The maximum absolute atomic E-state index is 2.54. The summed E-state index contributed by atoms with van der Waals surface area (Å²) in [5, 5.41) is 9.98. The van der Waals surface area contributed by atoms with Crippen LogP contribution in [-0.4, -0.2) is 13.4 Å². The Kier molecular flexibility index (Phi) is 6.41.